The van der Waals surface area contributed by atoms with E-state index in [0.29, 0.717) is 15.9 Å². The zero-order valence-corrected chi connectivity index (χ0v) is 15.6. The molecule has 0 saturated heterocycles. The lowest BCUT2D eigenvalue weighted by atomic mass is 10.1. The summed E-state index contributed by atoms with van der Waals surface area (Å²) in [6, 6.07) is 6.27. The third kappa shape index (κ3) is 5.24. The highest BCUT2D eigenvalue weighted by Gasteiger charge is 2.18. The molecule has 1 unspecified atom stereocenters. The van der Waals surface area contributed by atoms with Gasteiger partial charge < -0.3 is 19.5 Å². The first kappa shape index (κ1) is 17.8. The smallest absolute Gasteiger partial charge is 0.287 e. The van der Waals surface area contributed by atoms with Gasteiger partial charge in [-0.05, 0) is 62.5 Å². The average Bonchev–Trinajstić information content (AvgIpc) is 3.13. The summed E-state index contributed by atoms with van der Waals surface area (Å²) in [6.07, 6.45) is 1.60. The number of rotatable bonds is 7. The van der Waals surface area contributed by atoms with Gasteiger partial charge in [-0.15, -0.1) is 0 Å². The highest BCUT2D eigenvalue weighted by molar-refractivity contribution is 9.10. The van der Waals surface area contributed by atoms with E-state index in [-0.39, 0.29) is 29.4 Å². The van der Waals surface area contributed by atoms with Gasteiger partial charge >= 0.3 is 0 Å². The molecular formula is C15H16Br2N2O4. The van der Waals surface area contributed by atoms with Crippen molar-refractivity contribution in [3.8, 4) is 0 Å². The molecule has 1 atom stereocenters. The minimum Gasteiger partial charge on any atom is -0.444 e. The third-order valence-corrected chi connectivity index (χ3v) is 3.93. The van der Waals surface area contributed by atoms with Crippen LogP contribution in [0.5, 0.6) is 0 Å². The van der Waals surface area contributed by atoms with E-state index >= 15 is 0 Å². The maximum atomic E-state index is 12.1. The van der Waals surface area contributed by atoms with Crippen LogP contribution in [0.15, 0.2) is 42.4 Å². The number of halogens is 2. The van der Waals surface area contributed by atoms with E-state index in [2.05, 4.69) is 42.5 Å². The summed E-state index contributed by atoms with van der Waals surface area (Å²) in [7, 11) is 0. The molecule has 2 rings (SSSR count). The molecule has 0 bridgehead atoms. The molecule has 124 valence electrons. The number of carbonyl (C=O) groups is 2. The molecule has 0 saturated carbocycles. The summed E-state index contributed by atoms with van der Waals surface area (Å²) in [6.45, 7) is 2.31. The Labute approximate surface area is 150 Å². The van der Waals surface area contributed by atoms with Gasteiger partial charge in [0, 0.05) is 12.6 Å². The molecular weight excluding hydrogens is 432 g/mol. The van der Waals surface area contributed by atoms with Crippen molar-refractivity contribution < 1.29 is 18.4 Å². The molecule has 6 nitrogen and oxygen atoms in total. The molecule has 0 aromatic carbocycles. The quantitative estimate of drug-likeness (QED) is 0.677. The van der Waals surface area contributed by atoms with E-state index in [1.165, 1.54) is 0 Å². The van der Waals surface area contributed by atoms with Crippen LogP contribution in [0, 0.1) is 0 Å². The van der Waals surface area contributed by atoms with Crippen molar-refractivity contribution in [3.63, 3.8) is 0 Å². The molecule has 2 N–H and O–H groups in total. The first-order valence-electron chi connectivity index (χ1n) is 7.09. The fourth-order valence-electron chi connectivity index (χ4n) is 2.01. The predicted octanol–water partition coefficient (Wildman–Crippen LogP) is 3.73. The summed E-state index contributed by atoms with van der Waals surface area (Å²) in [5.41, 5.74) is 0. The highest BCUT2D eigenvalue weighted by atomic mass is 79.9. The minimum atomic E-state index is -0.327. The van der Waals surface area contributed by atoms with Crippen LogP contribution >= 0.6 is 31.9 Å². The van der Waals surface area contributed by atoms with Crippen LogP contribution in [0.2, 0.25) is 0 Å². The van der Waals surface area contributed by atoms with Crippen LogP contribution in [-0.2, 0) is 0 Å². The second-order valence-electron chi connectivity index (χ2n) is 4.88. The summed E-state index contributed by atoms with van der Waals surface area (Å²) in [4.78, 5) is 24.1. The molecule has 2 aromatic heterocycles. The first-order chi connectivity index (χ1) is 11.0. The molecule has 2 heterocycles. The predicted molar refractivity (Wildman–Crippen MR) is 91.3 cm³/mol. The SMILES string of the molecule is CCCC(CNC(=O)c1ccc(Br)o1)NC(=O)c1ccc(Br)o1. The Morgan fingerprint density at radius 3 is 2.09 bits per heavy atom. The number of hydrogen-bond acceptors (Lipinski definition) is 4. The Bertz CT molecular complexity index is 681. The zero-order valence-electron chi connectivity index (χ0n) is 12.4. The lowest BCUT2D eigenvalue weighted by Crippen LogP contribution is -2.43. The van der Waals surface area contributed by atoms with Gasteiger partial charge in [0.05, 0.1) is 0 Å². The molecule has 23 heavy (non-hydrogen) atoms. The Hall–Kier alpha value is -1.54. The molecule has 0 aliphatic heterocycles. The number of nitrogens with one attached hydrogen (secondary N) is 2. The van der Waals surface area contributed by atoms with Crippen molar-refractivity contribution in [2.75, 3.05) is 6.54 Å². The standard InChI is InChI=1S/C15H16Br2N2O4/c1-2-3-9(19-15(21)11-5-7-13(17)23-11)8-18-14(20)10-4-6-12(16)22-10/h4-7,9H,2-3,8H2,1H3,(H,18,20)(H,19,21). The summed E-state index contributed by atoms with van der Waals surface area (Å²) in [5.74, 6) is -0.205. The molecule has 0 spiro atoms. The number of hydrogen-bond donors (Lipinski definition) is 2. The van der Waals surface area contributed by atoms with E-state index in [1.807, 2.05) is 6.92 Å². The fourth-order valence-corrected chi connectivity index (χ4v) is 2.62. The van der Waals surface area contributed by atoms with Crippen LogP contribution < -0.4 is 10.6 Å². The Morgan fingerprint density at radius 1 is 1.04 bits per heavy atom. The largest absolute Gasteiger partial charge is 0.444 e. The molecule has 0 aliphatic rings. The van der Waals surface area contributed by atoms with Gasteiger partial charge in [0.25, 0.3) is 11.8 Å². The second-order valence-corrected chi connectivity index (χ2v) is 6.44. The maximum absolute atomic E-state index is 12.1. The zero-order chi connectivity index (χ0) is 16.8. The Balaban J connectivity index is 1.90. The number of furan rings is 2. The van der Waals surface area contributed by atoms with Crippen LogP contribution in [0.25, 0.3) is 0 Å². The van der Waals surface area contributed by atoms with Crippen LogP contribution in [0.4, 0.5) is 0 Å². The van der Waals surface area contributed by atoms with Crippen LogP contribution in [0.3, 0.4) is 0 Å². The second kappa shape index (κ2) is 8.35. The van der Waals surface area contributed by atoms with Gasteiger partial charge in [-0.3, -0.25) is 9.59 Å². The van der Waals surface area contributed by atoms with Crippen molar-refractivity contribution >= 4 is 43.7 Å². The lowest BCUT2D eigenvalue weighted by Gasteiger charge is -2.17. The summed E-state index contributed by atoms with van der Waals surface area (Å²) < 4.78 is 11.4. The topological polar surface area (TPSA) is 84.5 Å². The van der Waals surface area contributed by atoms with E-state index in [0.717, 1.165) is 12.8 Å². The number of carbonyl (C=O) groups excluding carboxylic acids is 2. The van der Waals surface area contributed by atoms with E-state index in [9.17, 15) is 9.59 Å². The van der Waals surface area contributed by atoms with Crippen molar-refractivity contribution in [1.82, 2.24) is 10.6 Å². The molecule has 8 heteroatoms. The van der Waals surface area contributed by atoms with Gasteiger partial charge in [0.2, 0.25) is 0 Å². The normalized spacial score (nSPS) is 12.0. The number of amides is 2. The van der Waals surface area contributed by atoms with Crippen molar-refractivity contribution in [3.05, 3.63) is 45.1 Å². The van der Waals surface area contributed by atoms with Gasteiger partial charge in [-0.25, -0.2) is 0 Å². The summed E-state index contributed by atoms with van der Waals surface area (Å²) in [5, 5.41) is 5.60. The molecule has 0 fully saturated rings. The maximum Gasteiger partial charge on any atom is 0.287 e. The molecule has 2 amide bonds. The van der Waals surface area contributed by atoms with Crippen molar-refractivity contribution in [2.45, 2.75) is 25.8 Å². The third-order valence-electron chi connectivity index (χ3n) is 3.08. The van der Waals surface area contributed by atoms with E-state index < -0.39 is 0 Å². The Morgan fingerprint density at radius 2 is 1.61 bits per heavy atom. The average molecular weight is 448 g/mol. The van der Waals surface area contributed by atoms with E-state index in [1.54, 1.807) is 24.3 Å². The van der Waals surface area contributed by atoms with Gasteiger partial charge in [-0.1, -0.05) is 13.3 Å². The highest BCUT2D eigenvalue weighted by Crippen LogP contribution is 2.15. The monoisotopic (exact) mass is 446 g/mol. The van der Waals surface area contributed by atoms with Crippen molar-refractivity contribution in [1.29, 1.82) is 0 Å². The molecule has 2 aromatic rings. The minimum absolute atomic E-state index is 0.196. The van der Waals surface area contributed by atoms with E-state index in [4.69, 9.17) is 8.83 Å². The first-order valence-corrected chi connectivity index (χ1v) is 8.68. The molecule has 0 aliphatic carbocycles. The van der Waals surface area contributed by atoms with Gasteiger partial charge in [-0.2, -0.15) is 0 Å². The fraction of sp³-hybridized carbons (Fsp3) is 0.333. The van der Waals surface area contributed by atoms with Gasteiger partial charge in [0.15, 0.2) is 20.9 Å². The Kier molecular flexibility index (Phi) is 6.47. The van der Waals surface area contributed by atoms with Crippen LogP contribution in [-0.4, -0.2) is 24.4 Å². The molecule has 0 radical (unpaired) electrons. The van der Waals surface area contributed by atoms with Crippen molar-refractivity contribution in [2.24, 2.45) is 0 Å². The summed E-state index contributed by atoms with van der Waals surface area (Å²) >= 11 is 6.31. The van der Waals surface area contributed by atoms with Crippen LogP contribution in [0.1, 0.15) is 40.9 Å². The van der Waals surface area contributed by atoms with Gasteiger partial charge in [0.1, 0.15) is 0 Å². The lowest BCUT2D eigenvalue weighted by molar-refractivity contribution is 0.0877.